The molecule has 0 aliphatic rings. The second-order valence-corrected chi connectivity index (χ2v) is 2.34. The van der Waals surface area contributed by atoms with E-state index in [0.717, 1.165) is 0 Å². The SMILES string of the molecule is COC(COCC(OC)OC)OC.O. The number of ether oxygens (including phenoxy) is 5. The first-order chi connectivity index (χ1) is 6.28. The van der Waals surface area contributed by atoms with Crippen molar-refractivity contribution >= 4 is 0 Å². The molecule has 88 valence electrons. The van der Waals surface area contributed by atoms with Crippen LogP contribution in [-0.2, 0) is 23.7 Å². The van der Waals surface area contributed by atoms with E-state index in [4.69, 9.17) is 23.7 Å². The molecule has 0 atom stereocenters. The molecule has 0 aliphatic heterocycles. The molecule has 0 saturated heterocycles. The number of methoxy groups -OCH3 is 4. The van der Waals surface area contributed by atoms with E-state index in [1.165, 1.54) is 0 Å². The Kier molecular flexibility index (Phi) is 12.5. The molecule has 0 unspecified atom stereocenters. The minimum atomic E-state index is -0.339. The maximum absolute atomic E-state index is 5.22. The molecule has 0 aromatic heterocycles. The van der Waals surface area contributed by atoms with Gasteiger partial charge in [0.1, 0.15) is 0 Å². The Balaban J connectivity index is 0. The van der Waals surface area contributed by atoms with E-state index in [-0.39, 0.29) is 18.1 Å². The Hall–Kier alpha value is -0.240. The molecule has 0 rings (SSSR count). The zero-order valence-corrected chi connectivity index (χ0v) is 9.11. The van der Waals surface area contributed by atoms with Crippen LogP contribution in [0.25, 0.3) is 0 Å². The van der Waals surface area contributed by atoms with Crippen LogP contribution in [0.4, 0.5) is 0 Å². The van der Waals surface area contributed by atoms with Gasteiger partial charge in [-0.25, -0.2) is 0 Å². The molecule has 2 N–H and O–H groups in total. The highest BCUT2D eigenvalue weighted by Gasteiger charge is 2.08. The first kappa shape index (κ1) is 16.2. The van der Waals surface area contributed by atoms with Crippen LogP contribution in [-0.4, -0.2) is 59.7 Å². The van der Waals surface area contributed by atoms with Crippen molar-refractivity contribution in [2.75, 3.05) is 41.7 Å². The van der Waals surface area contributed by atoms with Gasteiger partial charge < -0.3 is 29.2 Å². The van der Waals surface area contributed by atoms with Crippen molar-refractivity contribution < 1.29 is 29.2 Å². The molecule has 0 bridgehead atoms. The molecule has 6 heteroatoms. The summed E-state index contributed by atoms with van der Waals surface area (Å²) >= 11 is 0. The quantitative estimate of drug-likeness (QED) is 0.503. The molecule has 14 heavy (non-hydrogen) atoms. The van der Waals surface area contributed by atoms with E-state index >= 15 is 0 Å². The summed E-state index contributed by atoms with van der Waals surface area (Å²) in [7, 11) is 6.23. The third-order valence-electron chi connectivity index (χ3n) is 1.56. The third-order valence-corrected chi connectivity index (χ3v) is 1.56. The second-order valence-electron chi connectivity index (χ2n) is 2.34. The molecule has 0 aromatic rings. The summed E-state index contributed by atoms with van der Waals surface area (Å²) in [5, 5.41) is 0. The van der Waals surface area contributed by atoms with Crippen molar-refractivity contribution in [1.82, 2.24) is 0 Å². The number of hydrogen-bond donors (Lipinski definition) is 0. The molecule has 0 aliphatic carbocycles. The van der Waals surface area contributed by atoms with Crippen LogP contribution in [0, 0.1) is 0 Å². The van der Waals surface area contributed by atoms with Crippen LogP contribution < -0.4 is 0 Å². The third kappa shape index (κ3) is 7.19. The fraction of sp³-hybridized carbons (Fsp3) is 1.00. The lowest BCUT2D eigenvalue weighted by Crippen LogP contribution is -2.26. The fourth-order valence-corrected chi connectivity index (χ4v) is 0.725. The van der Waals surface area contributed by atoms with Crippen molar-refractivity contribution in [3.8, 4) is 0 Å². The fourth-order valence-electron chi connectivity index (χ4n) is 0.725. The van der Waals surface area contributed by atoms with E-state index in [9.17, 15) is 0 Å². The summed E-state index contributed by atoms with van der Waals surface area (Å²) in [5.74, 6) is 0. The number of rotatable bonds is 8. The molecular formula is C8H20O6. The average molecular weight is 212 g/mol. The molecule has 0 spiro atoms. The van der Waals surface area contributed by atoms with E-state index in [1.54, 1.807) is 28.4 Å². The first-order valence-electron chi connectivity index (χ1n) is 3.97. The van der Waals surface area contributed by atoms with Crippen molar-refractivity contribution in [2.45, 2.75) is 12.6 Å². The van der Waals surface area contributed by atoms with Gasteiger partial charge in [-0.1, -0.05) is 0 Å². The maximum Gasteiger partial charge on any atom is 0.180 e. The van der Waals surface area contributed by atoms with Crippen molar-refractivity contribution in [3.05, 3.63) is 0 Å². The Labute approximate surface area is 84.3 Å². The van der Waals surface area contributed by atoms with Gasteiger partial charge in [0, 0.05) is 28.4 Å². The summed E-state index contributed by atoms with van der Waals surface area (Å²) in [4.78, 5) is 0. The van der Waals surface area contributed by atoms with Crippen LogP contribution in [0.1, 0.15) is 0 Å². The second kappa shape index (κ2) is 10.8. The highest BCUT2D eigenvalue weighted by atomic mass is 16.7. The van der Waals surface area contributed by atoms with Gasteiger partial charge in [0.05, 0.1) is 13.2 Å². The Morgan fingerprint density at radius 3 is 1.21 bits per heavy atom. The van der Waals surface area contributed by atoms with Gasteiger partial charge in [-0.05, 0) is 0 Å². The standard InChI is InChI=1S/C8H18O5.H2O/c1-9-7(10-2)5-13-6-8(11-3)12-4;/h7-8H,5-6H2,1-4H3;1H2. The molecule has 0 amide bonds. The lowest BCUT2D eigenvalue weighted by atomic mass is 10.6. The molecule has 0 saturated carbocycles. The van der Waals surface area contributed by atoms with Gasteiger partial charge in [0.25, 0.3) is 0 Å². The minimum absolute atomic E-state index is 0. The smallest absolute Gasteiger partial charge is 0.180 e. The molecule has 0 aromatic carbocycles. The highest BCUT2D eigenvalue weighted by molar-refractivity contribution is 4.42. The van der Waals surface area contributed by atoms with E-state index in [1.807, 2.05) is 0 Å². The summed E-state index contributed by atoms with van der Waals surface area (Å²) in [6.45, 7) is 0.715. The van der Waals surface area contributed by atoms with Crippen LogP contribution in [0.15, 0.2) is 0 Å². The first-order valence-corrected chi connectivity index (χ1v) is 3.97. The van der Waals surface area contributed by atoms with Gasteiger partial charge in [0.2, 0.25) is 0 Å². The average Bonchev–Trinajstić information content (AvgIpc) is 2.19. The van der Waals surface area contributed by atoms with Gasteiger partial charge in [0.15, 0.2) is 12.6 Å². The molecule has 0 fully saturated rings. The van der Waals surface area contributed by atoms with Crippen LogP contribution in [0.3, 0.4) is 0 Å². The van der Waals surface area contributed by atoms with Crippen molar-refractivity contribution in [1.29, 1.82) is 0 Å². The Morgan fingerprint density at radius 1 is 0.714 bits per heavy atom. The van der Waals surface area contributed by atoms with Gasteiger partial charge >= 0.3 is 0 Å². The summed E-state index contributed by atoms with van der Waals surface area (Å²) in [5.41, 5.74) is 0. The zero-order chi connectivity index (χ0) is 10.1. The van der Waals surface area contributed by atoms with Crippen molar-refractivity contribution in [2.24, 2.45) is 0 Å². The molecule has 0 radical (unpaired) electrons. The summed E-state index contributed by atoms with van der Waals surface area (Å²) in [6, 6.07) is 0. The van der Waals surface area contributed by atoms with E-state index < -0.39 is 0 Å². The van der Waals surface area contributed by atoms with Crippen molar-refractivity contribution in [3.63, 3.8) is 0 Å². The molecule has 6 nitrogen and oxygen atoms in total. The normalized spacial score (nSPS) is 10.7. The topological polar surface area (TPSA) is 77.7 Å². The summed E-state index contributed by atoms with van der Waals surface area (Å²) in [6.07, 6.45) is -0.677. The van der Waals surface area contributed by atoms with Gasteiger partial charge in [-0.3, -0.25) is 0 Å². The molecular weight excluding hydrogens is 192 g/mol. The van der Waals surface area contributed by atoms with Gasteiger partial charge in [-0.15, -0.1) is 0 Å². The predicted molar refractivity (Wildman–Crippen MR) is 50.0 cm³/mol. The van der Waals surface area contributed by atoms with Crippen LogP contribution in [0.2, 0.25) is 0 Å². The maximum atomic E-state index is 5.22. The van der Waals surface area contributed by atoms with E-state index in [0.29, 0.717) is 13.2 Å². The largest absolute Gasteiger partial charge is 0.412 e. The highest BCUT2D eigenvalue weighted by Crippen LogP contribution is 1.96. The Bertz CT molecular complexity index is 90.0. The molecule has 0 heterocycles. The zero-order valence-electron chi connectivity index (χ0n) is 9.11. The monoisotopic (exact) mass is 212 g/mol. The lowest BCUT2D eigenvalue weighted by Gasteiger charge is -2.16. The van der Waals surface area contributed by atoms with Crippen LogP contribution in [0.5, 0.6) is 0 Å². The van der Waals surface area contributed by atoms with Crippen LogP contribution >= 0.6 is 0 Å². The predicted octanol–water partition coefficient (Wildman–Crippen LogP) is -0.584. The Morgan fingerprint density at radius 2 is 1.00 bits per heavy atom. The number of hydrogen-bond acceptors (Lipinski definition) is 5. The minimum Gasteiger partial charge on any atom is -0.412 e. The van der Waals surface area contributed by atoms with E-state index in [2.05, 4.69) is 0 Å². The van der Waals surface area contributed by atoms with Gasteiger partial charge in [-0.2, -0.15) is 0 Å². The summed E-state index contributed by atoms with van der Waals surface area (Å²) < 4.78 is 24.9. The lowest BCUT2D eigenvalue weighted by molar-refractivity contribution is -0.178.